The lowest BCUT2D eigenvalue weighted by molar-refractivity contribution is -0.433. The Morgan fingerprint density at radius 1 is 0.769 bits per heavy atom. The molecule has 13 atom stereocenters. The van der Waals surface area contributed by atoms with Crippen molar-refractivity contribution >= 4 is 53.7 Å². The van der Waals surface area contributed by atoms with Gasteiger partial charge in [-0.1, -0.05) is 106 Å². The molecule has 1 aromatic carbocycles. The average Bonchev–Trinajstić information content (AvgIpc) is 3.98. The minimum atomic E-state index is -2.07. The first-order valence-corrected chi connectivity index (χ1v) is 27.9. The highest BCUT2D eigenvalue weighted by Gasteiger charge is 2.49. The molecule has 442 valence electrons. The second-order valence-electron chi connectivity index (χ2n) is 20.8. The van der Waals surface area contributed by atoms with Gasteiger partial charge < -0.3 is 82.0 Å². The van der Waals surface area contributed by atoms with Gasteiger partial charge in [0, 0.05) is 51.2 Å². The highest BCUT2D eigenvalue weighted by atomic mass is 32.2. The number of unbranched alkanes of at least 4 members (excludes halogenated alkanes) is 12. The van der Waals surface area contributed by atoms with E-state index in [1.165, 1.54) is 70.9 Å². The van der Waals surface area contributed by atoms with Crippen molar-refractivity contribution in [2.45, 2.75) is 209 Å². The van der Waals surface area contributed by atoms with Crippen LogP contribution in [0.25, 0.3) is 0 Å². The third kappa shape index (κ3) is 20.0. The van der Waals surface area contributed by atoms with E-state index in [1.54, 1.807) is 0 Å². The lowest BCUT2D eigenvalue weighted by Gasteiger charge is -2.34. The minimum absolute atomic E-state index is 0.00543. The molecule has 0 radical (unpaired) electrons. The number of rotatable bonds is 26. The molecule has 0 aromatic heterocycles. The van der Waals surface area contributed by atoms with Gasteiger partial charge in [-0.15, -0.1) is 0 Å². The normalized spacial score (nSPS) is 27.1. The fourth-order valence-electron chi connectivity index (χ4n) is 10.0. The lowest BCUT2D eigenvalue weighted by atomic mass is 9.98. The molecule has 0 aliphatic carbocycles. The van der Waals surface area contributed by atoms with E-state index in [0.717, 1.165) is 48.0 Å². The molecule has 3 aliphatic rings. The largest absolute Gasteiger partial charge is 0.504 e. The van der Waals surface area contributed by atoms with Crippen molar-refractivity contribution in [3.05, 3.63) is 23.8 Å². The van der Waals surface area contributed by atoms with Crippen LogP contribution < -0.4 is 36.5 Å². The molecule has 4 rings (SSSR count). The number of hydrogen-bond donors (Lipinski definition) is 14. The first-order chi connectivity index (χ1) is 37.2. The summed E-state index contributed by atoms with van der Waals surface area (Å²) in [5.41, 5.74) is 5.91. The van der Waals surface area contributed by atoms with Crippen molar-refractivity contribution in [1.82, 2.24) is 36.4 Å². The van der Waals surface area contributed by atoms with Crippen LogP contribution in [0.5, 0.6) is 11.5 Å². The first-order valence-electron chi connectivity index (χ1n) is 27.2. The number of phenols is 1. The van der Waals surface area contributed by atoms with E-state index < -0.39 is 158 Å². The molecular formula is C51H84N8O18S. The Morgan fingerprint density at radius 3 is 1.99 bits per heavy atom. The van der Waals surface area contributed by atoms with Gasteiger partial charge in [-0.3, -0.25) is 33.6 Å². The molecule has 1 aromatic rings. The van der Waals surface area contributed by atoms with Crippen molar-refractivity contribution < 1.29 is 88.1 Å². The Kier molecular flexibility index (Phi) is 28.3. The van der Waals surface area contributed by atoms with Crippen LogP contribution in [0, 0.1) is 5.92 Å². The molecule has 3 aliphatic heterocycles. The number of amides is 7. The Bertz CT molecular complexity index is 2100. The van der Waals surface area contributed by atoms with Gasteiger partial charge in [0.25, 0.3) is 12.3 Å². The van der Waals surface area contributed by atoms with E-state index >= 15 is 0 Å². The van der Waals surface area contributed by atoms with Gasteiger partial charge >= 0.3 is 0 Å². The predicted molar refractivity (Wildman–Crippen MR) is 281 cm³/mol. The van der Waals surface area contributed by atoms with Crippen LogP contribution in [0.2, 0.25) is 0 Å². The summed E-state index contributed by atoms with van der Waals surface area (Å²) >= 11 is 0.0922. The van der Waals surface area contributed by atoms with E-state index in [2.05, 4.69) is 42.9 Å². The van der Waals surface area contributed by atoms with Crippen molar-refractivity contribution in [1.29, 1.82) is 0 Å². The summed E-state index contributed by atoms with van der Waals surface area (Å²) in [6.07, 6.45) is 2.31. The summed E-state index contributed by atoms with van der Waals surface area (Å²) in [6.45, 7) is 3.28. The van der Waals surface area contributed by atoms with Crippen LogP contribution in [0.1, 0.15) is 135 Å². The zero-order valence-electron chi connectivity index (χ0n) is 44.8. The fourth-order valence-corrected chi connectivity index (χ4v) is 10.3. The number of nitrogens with two attached hydrogens (primary N) is 1. The molecule has 3 heterocycles. The van der Waals surface area contributed by atoms with Crippen LogP contribution in [0.4, 0.5) is 0 Å². The van der Waals surface area contributed by atoms with Crippen LogP contribution in [-0.4, -0.2) is 191 Å². The smallest absolute Gasteiger partial charge is 0.261 e. The summed E-state index contributed by atoms with van der Waals surface area (Å²) in [5.74, 6) is -8.68. The summed E-state index contributed by atoms with van der Waals surface area (Å²) < 4.78 is 9.31. The average molecular weight is 1130 g/mol. The van der Waals surface area contributed by atoms with E-state index in [9.17, 15) is 69.3 Å². The molecular weight excluding hydrogens is 1040 g/mol. The maximum absolute atomic E-state index is 14.6. The number of carbonyl (C=O) groups is 7. The van der Waals surface area contributed by atoms with Gasteiger partial charge in [0.15, 0.2) is 11.5 Å². The number of hydrogen-bond acceptors (Lipinski definition) is 20. The Labute approximate surface area is 459 Å². The summed E-state index contributed by atoms with van der Waals surface area (Å²) in [7, 11) is 0. The molecule has 78 heavy (non-hydrogen) atoms. The fraction of sp³-hybridized carbons (Fsp3) is 0.745. The number of β-amino-alcohol motifs (C(OH)–C–C–N with tert-alkyl or cyclic N) is 1. The van der Waals surface area contributed by atoms with E-state index in [0.29, 0.717) is 6.42 Å². The van der Waals surface area contributed by atoms with Gasteiger partial charge in [-0.2, -0.15) is 0 Å². The van der Waals surface area contributed by atoms with Crippen LogP contribution in [0.15, 0.2) is 18.2 Å². The SMILES string of the molecule is CCCCCCCCCCCCCCCC(=O)N[C@H]1C[C@H](O)CNC(=O)[C@@H]2[C@@H](O)[C@H](C)CN2C(=O)[C@H]([C@H](O)CCN)NC(=O)[C@H]([C@H](O)Cc2ccc(O)c(OSOOO)c2)NC(=O)[C@@H]2C[C@H](O)CN2C(=O)[C@H]([C@H](C)O)NC1=O. The molecule has 15 N–H and O–H groups in total. The Morgan fingerprint density at radius 2 is 1.37 bits per heavy atom. The number of aliphatic hydroxyl groups excluding tert-OH is 6. The molecule has 0 unspecified atom stereocenters. The van der Waals surface area contributed by atoms with Gasteiger partial charge in [-0.05, 0) is 44.0 Å². The molecule has 27 heteroatoms. The number of carbonyl (C=O) groups excluding carboxylic acids is 7. The quantitative estimate of drug-likeness (QED) is 0.0234. The molecule has 0 spiro atoms. The molecule has 26 nitrogen and oxygen atoms in total. The second kappa shape index (κ2) is 33.6. The number of nitrogens with zero attached hydrogens (tertiary/aromatic N) is 2. The van der Waals surface area contributed by atoms with Gasteiger partial charge in [0.05, 0.1) is 36.6 Å². The summed E-state index contributed by atoms with van der Waals surface area (Å²) in [6, 6.07) is -7.09. The van der Waals surface area contributed by atoms with E-state index in [4.69, 9.17) is 15.2 Å². The number of benzene rings is 1. The monoisotopic (exact) mass is 1130 g/mol. The second-order valence-corrected chi connectivity index (χ2v) is 21.2. The maximum atomic E-state index is 14.6. The van der Waals surface area contributed by atoms with Crippen molar-refractivity contribution in [3.63, 3.8) is 0 Å². The lowest BCUT2D eigenvalue weighted by Crippen LogP contribution is -2.64. The summed E-state index contributed by atoms with van der Waals surface area (Å²) in [5, 5.41) is 102. The van der Waals surface area contributed by atoms with Gasteiger partial charge in [0.1, 0.15) is 36.3 Å². The molecule has 3 fully saturated rings. The number of aliphatic hydroxyl groups is 6. The van der Waals surface area contributed by atoms with Crippen LogP contribution in [-0.2, 0) is 49.4 Å². The highest BCUT2D eigenvalue weighted by molar-refractivity contribution is 7.90. The zero-order chi connectivity index (χ0) is 57.5. The minimum Gasteiger partial charge on any atom is -0.504 e. The third-order valence-corrected chi connectivity index (χ3v) is 14.8. The highest BCUT2D eigenvalue weighted by Crippen LogP contribution is 2.31. The number of fused-ring (bicyclic) bond motifs is 2. The topological polar surface area (TPSA) is 402 Å². The van der Waals surface area contributed by atoms with Crippen molar-refractivity contribution in [2.24, 2.45) is 11.7 Å². The standard InChI is InChI=1S/C51H84N8O18S/c1-4-5-6-7-8-9-10-11-12-13-14-15-16-17-40(66)54-34-24-32(61)26-53-49(71)44-45(67)29(2)27-59(44)51(73)43(37(64)20-21-52)57-48(70)42(38(65)22-31-18-19-36(63)39(23-31)75-78-77-76-74)56-47(69)35-25-33(62)28-58(35)50(72)41(30(3)60)55-46(34)68/h18-19,23,29-30,32-35,37-38,41-45,60-65,67,74H,4-17,20-22,24-28,52H2,1-3H3,(H,53,71)(H,54,66)(H,55,68)(H,56,69)(H,57,70)/t29-,30+,32+,33+,34+,35+,37-,38-,41+,42+,43+,44+,45+/m1/s1. The maximum Gasteiger partial charge on any atom is 0.261 e. The van der Waals surface area contributed by atoms with Crippen LogP contribution in [0.3, 0.4) is 0 Å². The Balaban J connectivity index is 1.66. The van der Waals surface area contributed by atoms with E-state index in [1.807, 2.05) is 0 Å². The molecule has 7 amide bonds. The van der Waals surface area contributed by atoms with Gasteiger partial charge in [0.2, 0.25) is 41.4 Å². The van der Waals surface area contributed by atoms with Crippen molar-refractivity contribution in [3.8, 4) is 11.5 Å². The first kappa shape index (κ1) is 65.6. The Hall–Kier alpha value is -4.94. The molecule has 0 bridgehead atoms. The van der Waals surface area contributed by atoms with Crippen molar-refractivity contribution in [2.75, 3.05) is 26.2 Å². The van der Waals surface area contributed by atoms with Gasteiger partial charge in [-0.25, -0.2) is 5.26 Å². The number of phenolic OH excluding ortho intramolecular Hbond substituents is 1. The van der Waals surface area contributed by atoms with Crippen LogP contribution >= 0.6 is 12.3 Å². The summed E-state index contributed by atoms with van der Waals surface area (Å²) in [4.78, 5) is 101. The third-order valence-electron chi connectivity index (χ3n) is 14.4. The van der Waals surface area contributed by atoms with E-state index in [-0.39, 0.29) is 49.6 Å². The molecule has 0 saturated carbocycles. The molecule has 3 saturated heterocycles. The number of aromatic hydroxyl groups is 1. The predicted octanol–water partition coefficient (Wildman–Crippen LogP) is -0.780. The zero-order valence-corrected chi connectivity index (χ0v) is 45.7. The number of nitrogens with one attached hydrogen (secondary N) is 5.